The number of aromatic nitrogens is 1. The molecule has 30 heavy (non-hydrogen) atoms. The molecule has 0 radical (unpaired) electrons. The molecule has 2 heterocycles. The summed E-state index contributed by atoms with van der Waals surface area (Å²) in [4.78, 5) is 20.0. The Kier molecular flexibility index (Phi) is 4.87. The first-order valence-electron chi connectivity index (χ1n) is 10.6. The molecule has 1 saturated carbocycles. The Morgan fingerprint density at radius 3 is 2.73 bits per heavy atom. The molecule has 2 fully saturated rings. The van der Waals surface area contributed by atoms with Gasteiger partial charge in [0, 0.05) is 66.7 Å². The zero-order chi connectivity index (χ0) is 20.7. The van der Waals surface area contributed by atoms with Gasteiger partial charge < -0.3 is 16.0 Å². The normalized spacial score (nSPS) is 16.8. The van der Waals surface area contributed by atoms with Crippen LogP contribution in [-0.4, -0.2) is 36.9 Å². The summed E-state index contributed by atoms with van der Waals surface area (Å²) in [5.74, 6) is 0.0544. The highest BCUT2D eigenvalue weighted by molar-refractivity contribution is 6.01. The number of nitrogens with one attached hydrogen (secondary N) is 1. The predicted molar refractivity (Wildman–Crippen MR) is 118 cm³/mol. The third-order valence-electron chi connectivity index (χ3n) is 6.09. The van der Waals surface area contributed by atoms with Gasteiger partial charge in [0.25, 0.3) is 0 Å². The Morgan fingerprint density at radius 2 is 1.97 bits per heavy atom. The summed E-state index contributed by atoms with van der Waals surface area (Å²) in [5.41, 5.74) is 11.0. The third kappa shape index (κ3) is 3.63. The lowest BCUT2D eigenvalue weighted by atomic mass is 9.98. The van der Waals surface area contributed by atoms with Gasteiger partial charge in [0.05, 0.1) is 5.52 Å². The average molecular weight is 404 g/mol. The molecule has 5 nitrogen and oxygen atoms in total. The number of hydrogen-bond donors (Lipinski definition) is 2. The molecule has 3 N–H and O–H groups in total. The number of benzene rings is 2. The molecule has 2 aliphatic rings. The number of anilines is 2. The molecule has 1 saturated heterocycles. The Labute approximate surface area is 175 Å². The third-order valence-corrected chi connectivity index (χ3v) is 6.09. The summed E-state index contributed by atoms with van der Waals surface area (Å²) in [5, 5.41) is 4.39. The quantitative estimate of drug-likeness (QED) is 0.502. The number of fused-ring (bicyclic) bond motifs is 1. The predicted octanol–water partition coefficient (Wildman–Crippen LogP) is 3.67. The van der Waals surface area contributed by atoms with E-state index in [1.165, 1.54) is 42.3 Å². The maximum Gasteiger partial charge on any atom is 0.168 e. The minimum Gasteiger partial charge on any atom is -0.398 e. The van der Waals surface area contributed by atoms with Gasteiger partial charge in [0.1, 0.15) is 5.82 Å². The van der Waals surface area contributed by atoms with Crippen molar-refractivity contribution in [1.29, 1.82) is 0 Å². The van der Waals surface area contributed by atoms with E-state index in [1.807, 2.05) is 6.07 Å². The van der Waals surface area contributed by atoms with Gasteiger partial charge in [0.15, 0.2) is 5.78 Å². The Balaban J connectivity index is 1.48. The van der Waals surface area contributed by atoms with Crippen LogP contribution in [0.5, 0.6) is 0 Å². The molecule has 6 heteroatoms. The minimum atomic E-state index is -0.391. The number of Topliss-reactive ketones (excluding diaryl/α,β-unsaturated/α-hetero) is 1. The number of halogens is 1. The van der Waals surface area contributed by atoms with Crippen LogP contribution in [0.3, 0.4) is 0 Å². The molecular weight excluding hydrogens is 379 g/mol. The van der Waals surface area contributed by atoms with E-state index in [0.29, 0.717) is 22.7 Å². The van der Waals surface area contributed by atoms with Crippen LogP contribution >= 0.6 is 0 Å². The van der Waals surface area contributed by atoms with Gasteiger partial charge in [0.2, 0.25) is 0 Å². The highest BCUT2D eigenvalue weighted by Crippen LogP contribution is 2.47. The molecule has 1 aromatic heterocycles. The van der Waals surface area contributed by atoms with Crippen molar-refractivity contribution < 1.29 is 9.18 Å². The second-order valence-electron chi connectivity index (χ2n) is 8.25. The van der Waals surface area contributed by atoms with Gasteiger partial charge in [-0.25, -0.2) is 4.39 Å². The number of hydrogen-bond acceptors (Lipinski definition) is 5. The fraction of sp³-hybridized carbons (Fsp3) is 0.333. The molecule has 0 bridgehead atoms. The van der Waals surface area contributed by atoms with Crippen LogP contribution < -0.4 is 16.0 Å². The summed E-state index contributed by atoms with van der Waals surface area (Å²) < 4.78 is 13.5. The van der Waals surface area contributed by atoms with Crippen molar-refractivity contribution in [2.45, 2.75) is 25.2 Å². The SMILES string of the molecule is Nc1ccc(F)cc1CC(=O)c1cnc2c(C3CC3)c(N3CCNCC3)ccc2c1. The van der Waals surface area contributed by atoms with Crippen LogP contribution in [0.2, 0.25) is 0 Å². The van der Waals surface area contributed by atoms with Crippen LogP contribution in [0.15, 0.2) is 42.6 Å². The summed E-state index contributed by atoms with van der Waals surface area (Å²) in [6, 6.07) is 10.3. The number of carbonyl (C=O) groups is 1. The average Bonchev–Trinajstić information content (AvgIpc) is 3.61. The van der Waals surface area contributed by atoms with E-state index >= 15 is 0 Å². The first-order chi connectivity index (χ1) is 14.6. The molecule has 5 rings (SSSR count). The molecule has 0 unspecified atom stereocenters. The number of pyridine rings is 1. The van der Waals surface area contributed by atoms with Gasteiger partial charge >= 0.3 is 0 Å². The Bertz CT molecular complexity index is 1120. The number of carbonyl (C=O) groups excluding carboxylic acids is 1. The fourth-order valence-corrected chi connectivity index (χ4v) is 4.32. The van der Waals surface area contributed by atoms with Gasteiger partial charge in [-0.1, -0.05) is 6.07 Å². The number of nitrogens with two attached hydrogens (primary N) is 1. The van der Waals surface area contributed by atoms with E-state index in [2.05, 4.69) is 22.3 Å². The van der Waals surface area contributed by atoms with Crippen molar-refractivity contribution in [3.63, 3.8) is 0 Å². The second-order valence-corrected chi connectivity index (χ2v) is 8.25. The first-order valence-corrected chi connectivity index (χ1v) is 10.6. The van der Waals surface area contributed by atoms with E-state index in [9.17, 15) is 9.18 Å². The van der Waals surface area contributed by atoms with Crippen LogP contribution in [0.4, 0.5) is 15.8 Å². The lowest BCUT2D eigenvalue weighted by molar-refractivity contribution is 0.0993. The summed E-state index contributed by atoms with van der Waals surface area (Å²) >= 11 is 0. The van der Waals surface area contributed by atoms with Crippen molar-refractivity contribution in [2.24, 2.45) is 0 Å². The maximum atomic E-state index is 13.5. The molecule has 1 aliphatic heterocycles. The van der Waals surface area contributed by atoms with Crippen molar-refractivity contribution >= 4 is 28.1 Å². The number of rotatable bonds is 5. The number of nitrogen functional groups attached to an aromatic ring is 1. The first kappa shape index (κ1) is 19.0. The standard InChI is InChI=1S/C24H25FN4O/c25-19-4-5-20(26)17(12-19)13-22(30)18-11-16-3-6-21(29-9-7-27-8-10-29)23(15-1-2-15)24(16)28-14-18/h3-6,11-12,14-15,27H,1-2,7-10,13,26H2. The molecule has 3 aromatic rings. The monoisotopic (exact) mass is 404 g/mol. The number of nitrogens with zero attached hydrogens (tertiary/aromatic N) is 2. The molecule has 154 valence electrons. The van der Waals surface area contributed by atoms with Crippen LogP contribution in [0.1, 0.15) is 40.2 Å². The van der Waals surface area contributed by atoms with E-state index < -0.39 is 5.82 Å². The lowest BCUT2D eigenvalue weighted by Crippen LogP contribution is -2.43. The number of ketones is 1. The smallest absolute Gasteiger partial charge is 0.168 e. The van der Waals surface area contributed by atoms with Gasteiger partial charge in [-0.05, 0) is 54.7 Å². The topological polar surface area (TPSA) is 71.2 Å². The van der Waals surface area contributed by atoms with Crippen molar-refractivity contribution in [3.8, 4) is 0 Å². The van der Waals surface area contributed by atoms with E-state index in [1.54, 1.807) is 6.20 Å². The lowest BCUT2D eigenvalue weighted by Gasteiger charge is -2.31. The number of piperazine rings is 1. The van der Waals surface area contributed by atoms with E-state index in [4.69, 9.17) is 10.7 Å². The molecule has 1 aliphatic carbocycles. The van der Waals surface area contributed by atoms with Crippen molar-refractivity contribution in [1.82, 2.24) is 10.3 Å². The molecule has 0 amide bonds. The second kappa shape index (κ2) is 7.69. The van der Waals surface area contributed by atoms with Gasteiger partial charge in [-0.15, -0.1) is 0 Å². The molecular formula is C24H25FN4O. The summed E-state index contributed by atoms with van der Waals surface area (Å²) in [7, 11) is 0. The zero-order valence-corrected chi connectivity index (χ0v) is 16.8. The van der Waals surface area contributed by atoms with E-state index in [0.717, 1.165) is 37.1 Å². The molecule has 2 aromatic carbocycles. The zero-order valence-electron chi connectivity index (χ0n) is 16.8. The summed E-state index contributed by atoms with van der Waals surface area (Å²) in [6.07, 6.45) is 4.11. The van der Waals surface area contributed by atoms with Crippen LogP contribution in [-0.2, 0) is 6.42 Å². The molecule has 0 spiro atoms. The Morgan fingerprint density at radius 1 is 1.17 bits per heavy atom. The Hall–Kier alpha value is -2.99. The highest BCUT2D eigenvalue weighted by atomic mass is 19.1. The highest BCUT2D eigenvalue weighted by Gasteiger charge is 2.31. The minimum absolute atomic E-state index is 0.0606. The van der Waals surface area contributed by atoms with E-state index in [-0.39, 0.29) is 12.2 Å². The van der Waals surface area contributed by atoms with Crippen LogP contribution in [0, 0.1) is 5.82 Å². The fourth-order valence-electron chi connectivity index (χ4n) is 4.32. The largest absolute Gasteiger partial charge is 0.398 e. The summed E-state index contributed by atoms with van der Waals surface area (Å²) in [6.45, 7) is 3.98. The van der Waals surface area contributed by atoms with Gasteiger partial charge in [-0.2, -0.15) is 0 Å². The van der Waals surface area contributed by atoms with Crippen molar-refractivity contribution in [3.05, 3.63) is 65.1 Å². The van der Waals surface area contributed by atoms with Crippen LogP contribution in [0.25, 0.3) is 10.9 Å². The molecule has 0 atom stereocenters. The van der Waals surface area contributed by atoms with Crippen molar-refractivity contribution in [2.75, 3.05) is 36.8 Å². The maximum absolute atomic E-state index is 13.5. The van der Waals surface area contributed by atoms with Gasteiger partial charge in [-0.3, -0.25) is 9.78 Å².